The summed E-state index contributed by atoms with van der Waals surface area (Å²) in [4.78, 5) is 24.1. The van der Waals surface area contributed by atoms with E-state index in [9.17, 15) is 22.8 Å². The van der Waals surface area contributed by atoms with Gasteiger partial charge >= 0.3 is 12.1 Å². The third-order valence-electron chi connectivity index (χ3n) is 3.23. The molecule has 8 heteroatoms. The Kier molecular flexibility index (Phi) is 5.74. The van der Waals surface area contributed by atoms with E-state index >= 15 is 0 Å². The lowest BCUT2D eigenvalue weighted by atomic mass is 10.0. The van der Waals surface area contributed by atoms with Gasteiger partial charge in [0, 0.05) is 17.8 Å². The molecule has 1 aromatic carbocycles. The van der Waals surface area contributed by atoms with Gasteiger partial charge in [0.2, 0.25) is 0 Å². The van der Waals surface area contributed by atoms with Gasteiger partial charge in [-0.15, -0.1) is 0 Å². The van der Waals surface area contributed by atoms with Crippen LogP contribution in [-0.2, 0) is 15.8 Å². The fourth-order valence-corrected chi connectivity index (χ4v) is 1.92. The molecule has 0 aliphatic rings. The van der Waals surface area contributed by atoms with Crippen molar-refractivity contribution in [1.29, 1.82) is 5.26 Å². The van der Waals surface area contributed by atoms with E-state index in [0.717, 1.165) is 11.0 Å². The van der Waals surface area contributed by atoms with E-state index in [-0.39, 0.29) is 17.8 Å². The molecule has 1 amide bonds. The van der Waals surface area contributed by atoms with Crippen molar-refractivity contribution in [1.82, 2.24) is 0 Å². The number of nitrogens with zero attached hydrogens (tertiary/aromatic N) is 2. The Balaban J connectivity index is 3.43. The number of benzene rings is 1. The second kappa shape index (κ2) is 7.17. The van der Waals surface area contributed by atoms with E-state index < -0.39 is 35.1 Å². The normalized spacial score (nSPS) is 12.2. The molecular weight excluding hydrogens is 325 g/mol. The van der Waals surface area contributed by atoms with Gasteiger partial charge in [-0.2, -0.15) is 18.4 Å². The van der Waals surface area contributed by atoms with Crippen LogP contribution in [0.25, 0.3) is 0 Å². The number of nitriles is 1. The highest BCUT2D eigenvalue weighted by atomic mass is 19.4. The van der Waals surface area contributed by atoms with E-state index in [1.54, 1.807) is 0 Å². The molecule has 1 rings (SSSR count). The van der Waals surface area contributed by atoms with E-state index in [1.165, 1.54) is 26.0 Å². The summed E-state index contributed by atoms with van der Waals surface area (Å²) in [6.07, 6.45) is -4.78. The molecule has 0 aliphatic carbocycles. The van der Waals surface area contributed by atoms with Crippen LogP contribution in [0, 0.1) is 17.2 Å². The first-order valence-electron chi connectivity index (χ1n) is 6.80. The largest absolute Gasteiger partial charge is 0.481 e. The quantitative estimate of drug-likeness (QED) is 0.835. The molecule has 1 atom stereocenters. The van der Waals surface area contributed by atoms with Crippen LogP contribution in [0.2, 0.25) is 0 Å². The number of amides is 1. The van der Waals surface area contributed by atoms with Gasteiger partial charge in [-0.3, -0.25) is 9.59 Å². The average Bonchev–Trinajstić information content (AvgIpc) is 2.49. The van der Waals surface area contributed by atoms with Crippen LogP contribution in [0.1, 0.15) is 25.0 Å². The van der Waals surface area contributed by atoms with Crippen LogP contribution in [0.15, 0.2) is 30.4 Å². The van der Waals surface area contributed by atoms with Gasteiger partial charge in [-0.05, 0) is 25.1 Å². The highest BCUT2D eigenvalue weighted by molar-refractivity contribution is 6.05. The standard InChI is InChI=1S/C16H15F3N2O3/c1-9(2)14(22)21(8-10(3)15(23)24)12-5-4-11(7-20)13(6-12)16(17,18)19/h4-6,10H,1,8H2,2-3H3,(H,23,24). The third kappa shape index (κ3) is 4.35. The Morgan fingerprint density at radius 1 is 1.42 bits per heavy atom. The lowest BCUT2D eigenvalue weighted by Gasteiger charge is -2.26. The van der Waals surface area contributed by atoms with Crippen LogP contribution >= 0.6 is 0 Å². The lowest BCUT2D eigenvalue weighted by Crippen LogP contribution is -2.37. The van der Waals surface area contributed by atoms with Crippen LogP contribution in [-0.4, -0.2) is 23.5 Å². The monoisotopic (exact) mass is 340 g/mol. The zero-order valence-corrected chi connectivity index (χ0v) is 13.0. The van der Waals surface area contributed by atoms with Gasteiger partial charge in [0.25, 0.3) is 5.91 Å². The fourth-order valence-electron chi connectivity index (χ4n) is 1.92. The van der Waals surface area contributed by atoms with Gasteiger partial charge < -0.3 is 10.0 Å². The Morgan fingerprint density at radius 3 is 2.42 bits per heavy atom. The fraction of sp³-hybridized carbons (Fsp3) is 0.312. The Morgan fingerprint density at radius 2 is 2.00 bits per heavy atom. The number of hydrogen-bond acceptors (Lipinski definition) is 3. The first kappa shape index (κ1) is 19.2. The second-order valence-corrected chi connectivity index (χ2v) is 5.27. The molecule has 1 aromatic rings. The highest BCUT2D eigenvalue weighted by Crippen LogP contribution is 2.34. The van der Waals surface area contributed by atoms with Crippen LogP contribution in [0.5, 0.6) is 0 Å². The number of aliphatic carboxylic acids is 1. The van der Waals surface area contributed by atoms with Crippen molar-refractivity contribution in [2.45, 2.75) is 20.0 Å². The molecule has 128 valence electrons. The van der Waals surface area contributed by atoms with Gasteiger partial charge in [-0.1, -0.05) is 13.5 Å². The number of halogens is 3. The Hall–Kier alpha value is -2.82. The van der Waals surface area contributed by atoms with Crippen molar-refractivity contribution in [3.63, 3.8) is 0 Å². The number of hydrogen-bond donors (Lipinski definition) is 1. The average molecular weight is 340 g/mol. The van der Waals surface area contributed by atoms with Crippen LogP contribution in [0.4, 0.5) is 18.9 Å². The molecule has 0 saturated carbocycles. The lowest BCUT2D eigenvalue weighted by molar-refractivity contribution is -0.141. The predicted octanol–water partition coefficient (Wildman–Crippen LogP) is 3.21. The zero-order chi connectivity index (χ0) is 18.7. The molecule has 24 heavy (non-hydrogen) atoms. The molecule has 5 nitrogen and oxygen atoms in total. The summed E-state index contributed by atoms with van der Waals surface area (Å²) in [6, 6.07) is 4.22. The summed E-state index contributed by atoms with van der Waals surface area (Å²) in [6.45, 7) is 5.82. The number of rotatable bonds is 5. The summed E-state index contributed by atoms with van der Waals surface area (Å²) < 4.78 is 39.2. The Labute approximate surface area is 136 Å². The maximum Gasteiger partial charge on any atom is 0.417 e. The molecule has 0 radical (unpaired) electrons. The molecule has 1 unspecified atom stereocenters. The Bertz CT molecular complexity index is 720. The van der Waals surface area contributed by atoms with Crippen LogP contribution in [0.3, 0.4) is 0 Å². The molecule has 0 aromatic heterocycles. The summed E-state index contributed by atoms with van der Waals surface area (Å²) in [5, 5.41) is 17.8. The molecule has 0 bridgehead atoms. The van der Waals surface area contributed by atoms with Gasteiger partial charge in [0.1, 0.15) is 0 Å². The molecule has 0 heterocycles. The minimum Gasteiger partial charge on any atom is -0.481 e. The van der Waals surface area contributed by atoms with Gasteiger partial charge in [0.05, 0.1) is 23.1 Å². The molecule has 0 fully saturated rings. The van der Waals surface area contributed by atoms with Crippen LogP contribution < -0.4 is 4.90 Å². The number of carboxylic acid groups (broad SMARTS) is 1. The van der Waals surface area contributed by atoms with Crippen molar-refractivity contribution in [2.24, 2.45) is 5.92 Å². The first-order chi connectivity index (χ1) is 11.0. The van der Waals surface area contributed by atoms with Gasteiger partial charge in [-0.25, -0.2) is 0 Å². The first-order valence-corrected chi connectivity index (χ1v) is 6.80. The van der Waals surface area contributed by atoms with E-state index in [2.05, 4.69) is 6.58 Å². The van der Waals surface area contributed by atoms with Crippen molar-refractivity contribution < 1.29 is 27.9 Å². The smallest absolute Gasteiger partial charge is 0.417 e. The van der Waals surface area contributed by atoms with Crippen molar-refractivity contribution in [3.8, 4) is 6.07 Å². The van der Waals surface area contributed by atoms with Crippen molar-refractivity contribution in [2.75, 3.05) is 11.4 Å². The summed E-state index contributed by atoms with van der Waals surface area (Å²) in [5.74, 6) is -2.89. The maximum absolute atomic E-state index is 13.1. The summed E-state index contributed by atoms with van der Waals surface area (Å²) >= 11 is 0. The number of carbonyl (C=O) groups excluding carboxylic acids is 1. The predicted molar refractivity (Wildman–Crippen MR) is 80.1 cm³/mol. The van der Waals surface area contributed by atoms with E-state index in [1.807, 2.05) is 0 Å². The third-order valence-corrected chi connectivity index (χ3v) is 3.23. The number of anilines is 1. The SMILES string of the molecule is C=C(C)C(=O)N(CC(C)C(=O)O)c1ccc(C#N)c(C(F)(F)F)c1. The molecule has 0 aliphatic heterocycles. The van der Waals surface area contributed by atoms with E-state index in [0.29, 0.717) is 6.07 Å². The highest BCUT2D eigenvalue weighted by Gasteiger charge is 2.35. The van der Waals surface area contributed by atoms with Gasteiger partial charge in [0.15, 0.2) is 0 Å². The zero-order valence-electron chi connectivity index (χ0n) is 13.0. The molecule has 1 N–H and O–H groups in total. The van der Waals surface area contributed by atoms with E-state index in [4.69, 9.17) is 10.4 Å². The number of carbonyl (C=O) groups is 2. The molecular formula is C16H15F3N2O3. The van der Waals surface area contributed by atoms with Crippen molar-refractivity contribution >= 4 is 17.6 Å². The summed E-state index contributed by atoms with van der Waals surface area (Å²) in [7, 11) is 0. The van der Waals surface area contributed by atoms with Crippen molar-refractivity contribution in [3.05, 3.63) is 41.5 Å². The molecule has 0 saturated heterocycles. The number of alkyl halides is 3. The minimum atomic E-state index is -4.78. The summed E-state index contributed by atoms with van der Waals surface area (Å²) in [5.41, 5.74) is -1.88. The topological polar surface area (TPSA) is 81.4 Å². The minimum absolute atomic E-state index is 0.0468. The molecule has 0 spiro atoms. The maximum atomic E-state index is 13.1. The second-order valence-electron chi connectivity index (χ2n) is 5.27. The number of carboxylic acids is 1.